The molecule has 0 saturated heterocycles. The van der Waals surface area contributed by atoms with Crippen molar-refractivity contribution >= 4 is 0 Å². The predicted molar refractivity (Wildman–Crippen MR) is 83.3 cm³/mol. The minimum atomic E-state index is 0.131. The molecule has 0 aromatic heterocycles. The fourth-order valence-corrected chi connectivity index (χ4v) is 2.65. The monoisotopic (exact) mass is 270 g/mol. The Kier molecular flexibility index (Phi) is 4.33. The van der Waals surface area contributed by atoms with Crippen molar-refractivity contribution in [3.05, 3.63) is 47.0 Å². The average Bonchev–Trinajstić information content (AvgIpc) is 2.47. The lowest BCUT2D eigenvalue weighted by Crippen LogP contribution is -1.93. The molecule has 20 heavy (non-hydrogen) atoms. The summed E-state index contributed by atoms with van der Waals surface area (Å²) >= 11 is 0. The van der Waals surface area contributed by atoms with Gasteiger partial charge in [0.2, 0.25) is 0 Å². The zero-order valence-electron chi connectivity index (χ0n) is 12.4. The van der Waals surface area contributed by atoms with Gasteiger partial charge >= 0.3 is 0 Å². The van der Waals surface area contributed by atoms with Crippen LogP contribution in [0.25, 0.3) is 11.1 Å². The van der Waals surface area contributed by atoms with E-state index in [1.165, 1.54) is 11.1 Å². The first-order valence-corrected chi connectivity index (χ1v) is 7.28. The van der Waals surface area contributed by atoms with E-state index >= 15 is 0 Å². The zero-order valence-corrected chi connectivity index (χ0v) is 12.4. The van der Waals surface area contributed by atoms with Crippen molar-refractivity contribution in [3.8, 4) is 22.6 Å². The van der Waals surface area contributed by atoms with E-state index in [-0.39, 0.29) is 11.5 Å². The SMILES string of the molecule is CCc1ccc(-c2c(O)ccc(CC)c2O)cc1CC. The summed E-state index contributed by atoms with van der Waals surface area (Å²) in [4.78, 5) is 0. The maximum atomic E-state index is 10.4. The van der Waals surface area contributed by atoms with E-state index in [0.29, 0.717) is 5.56 Å². The predicted octanol–water partition coefficient (Wildman–Crippen LogP) is 4.45. The highest BCUT2D eigenvalue weighted by Crippen LogP contribution is 2.40. The largest absolute Gasteiger partial charge is 0.507 e. The van der Waals surface area contributed by atoms with E-state index in [0.717, 1.165) is 30.4 Å². The Hall–Kier alpha value is -1.96. The summed E-state index contributed by atoms with van der Waals surface area (Å²) in [7, 11) is 0. The van der Waals surface area contributed by atoms with Crippen LogP contribution in [-0.4, -0.2) is 10.2 Å². The number of phenolic OH excluding ortho intramolecular Hbond substituents is 2. The van der Waals surface area contributed by atoms with Gasteiger partial charge in [0.15, 0.2) is 0 Å². The van der Waals surface area contributed by atoms with Crippen LogP contribution in [0.2, 0.25) is 0 Å². The number of benzene rings is 2. The van der Waals surface area contributed by atoms with Gasteiger partial charge in [0.1, 0.15) is 11.5 Å². The Labute approximate surface area is 120 Å². The van der Waals surface area contributed by atoms with Gasteiger partial charge < -0.3 is 10.2 Å². The number of aryl methyl sites for hydroxylation is 3. The fraction of sp³-hybridized carbons (Fsp3) is 0.333. The Balaban J connectivity index is 2.62. The number of hydrogen-bond acceptors (Lipinski definition) is 2. The molecule has 0 fully saturated rings. The molecule has 0 amide bonds. The molecule has 0 bridgehead atoms. The highest BCUT2D eigenvalue weighted by atomic mass is 16.3. The lowest BCUT2D eigenvalue weighted by molar-refractivity contribution is 0.450. The molecule has 106 valence electrons. The number of rotatable bonds is 4. The van der Waals surface area contributed by atoms with Crippen molar-refractivity contribution in [2.45, 2.75) is 40.0 Å². The van der Waals surface area contributed by atoms with E-state index in [9.17, 15) is 10.2 Å². The zero-order chi connectivity index (χ0) is 14.7. The van der Waals surface area contributed by atoms with Crippen LogP contribution in [0.4, 0.5) is 0 Å². The molecule has 0 unspecified atom stereocenters. The van der Waals surface area contributed by atoms with Gasteiger partial charge in [-0.1, -0.05) is 45.0 Å². The lowest BCUT2D eigenvalue weighted by Gasteiger charge is -2.13. The minimum Gasteiger partial charge on any atom is -0.507 e. The molecule has 2 nitrogen and oxygen atoms in total. The maximum Gasteiger partial charge on any atom is 0.130 e. The number of aromatic hydroxyl groups is 2. The van der Waals surface area contributed by atoms with Crippen LogP contribution >= 0.6 is 0 Å². The maximum absolute atomic E-state index is 10.4. The van der Waals surface area contributed by atoms with Crippen LogP contribution in [-0.2, 0) is 19.3 Å². The van der Waals surface area contributed by atoms with E-state index in [1.54, 1.807) is 12.1 Å². The molecule has 2 aromatic rings. The molecule has 2 heteroatoms. The van der Waals surface area contributed by atoms with E-state index in [4.69, 9.17) is 0 Å². The smallest absolute Gasteiger partial charge is 0.130 e. The summed E-state index contributed by atoms with van der Waals surface area (Å²) in [5.74, 6) is 0.324. The van der Waals surface area contributed by atoms with E-state index < -0.39 is 0 Å². The summed E-state index contributed by atoms with van der Waals surface area (Å²) in [6.07, 6.45) is 2.69. The van der Waals surface area contributed by atoms with Gasteiger partial charge in [0.05, 0.1) is 5.56 Å². The first-order chi connectivity index (χ1) is 9.62. The molecule has 0 radical (unpaired) electrons. The summed E-state index contributed by atoms with van der Waals surface area (Å²) in [6, 6.07) is 9.58. The van der Waals surface area contributed by atoms with Crippen molar-refractivity contribution in [1.29, 1.82) is 0 Å². The van der Waals surface area contributed by atoms with Crippen molar-refractivity contribution in [2.24, 2.45) is 0 Å². The Morgan fingerprint density at radius 2 is 1.35 bits per heavy atom. The molecule has 0 atom stereocenters. The standard InChI is InChI=1S/C18H22O2/c1-4-12-7-8-15(11-14(12)6-3)17-16(19)10-9-13(5-2)18(17)20/h7-11,19-20H,4-6H2,1-3H3. The van der Waals surface area contributed by atoms with Gasteiger partial charge in [0, 0.05) is 0 Å². The van der Waals surface area contributed by atoms with E-state index in [2.05, 4.69) is 26.0 Å². The average molecular weight is 270 g/mol. The van der Waals surface area contributed by atoms with Gasteiger partial charge in [-0.25, -0.2) is 0 Å². The van der Waals surface area contributed by atoms with Gasteiger partial charge in [-0.05, 0) is 47.6 Å². The summed E-state index contributed by atoms with van der Waals surface area (Å²) < 4.78 is 0. The van der Waals surface area contributed by atoms with E-state index in [1.807, 2.05) is 13.0 Å². The molecule has 2 aromatic carbocycles. The van der Waals surface area contributed by atoms with Crippen LogP contribution in [0, 0.1) is 0 Å². The van der Waals surface area contributed by atoms with Crippen molar-refractivity contribution < 1.29 is 10.2 Å². The first-order valence-electron chi connectivity index (χ1n) is 7.28. The molecule has 2 N–H and O–H groups in total. The molecule has 0 aliphatic rings. The third-order valence-corrected chi connectivity index (χ3v) is 3.88. The molecule has 2 rings (SSSR count). The quantitative estimate of drug-likeness (QED) is 0.861. The second kappa shape index (κ2) is 6.00. The molecule has 0 saturated carbocycles. The third-order valence-electron chi connectivity index (χ3n) is 3.88. The first kappa shape index (κ1) is 14.4. The van der Waals surface area contributed by atoms with Crippen LogP contribution in [0.1, 0.15) is 37.5 Å². The van der Waals surface area contributed by atoms with Gasteiger partial charge in [0.25, 0.3) is 0 Å². The third kappa shape index (κ3) is 2.51. The number of hydrogen-bond donors (Lipinski definition) is 2. The number of phenols is 2. The highest BCUT2D eigenvalue weighted by Gasteiger charge is 2.14. The summed E-state index contributed by atoms with van der Waals surface area (Å²) in [5, 5.41) is 20.4. The highest BCUT2D eigenvalue weighted by molar-refractivity contribution is 5.78. The second-order valence-electron chi connectivity index (χ2n) is 5.01. The van der Waals surface area contributed by atoms with Crippen molar-refractivity contribution in [3.63, 3.8) is 0 Å². The molecule has 0 aliphatic carbocycles. The Morgan fingerprint density at radius 1 is 0.750 bits per heavy atom. The summed E-state index contributed by atoms with van der Waals surface area (Å²) in [5.41, 5.74) is 4.87. The minimum absolute atomic E-state index is 0.131. The molecule has 0 aliphatic heterocycles. The normalized spacial score (nSPS) is 10.8. The summed E-state index contributed by atoms with van der Waals surface area (Å²) in [6.45, 7) is 6.26. The molecule has 0 heterocycles. The molecule has 0 spiro atoms. The van der Waals surface area contributed by atoms with Gasteiger partial charge in [-0.15, -0.1) is 0 Å². The topological polar surface area (TPSA) is 40.5 Å². The van der Waals surface area contributed by atoms with Crippen LogP contribution in [0.3, 0.4) is 0 Å². The van der Waals surface area contributed by atoms with Crippen LogP contribution in [0.5, 0.6) is 11.5 Å². The van der Waals surface area contributed by atoms with Crippen molar-refractivity contribution in [1.82, 2.24) is 0 Å². The lowest BCUT2D eigenvalue weighted by atomic mass is 9.94. The fourth-order valence-electron chi connectivity index (χ4n) is 2.65. The van der Waals surface area contributed by atoms with Crippen molar-refractivity contribution in [2.75, 3.05) is 0 Å². The van der Waals surface area contributed by atoms with Crippen LogP contribution < -0.4 is 0 Å². The Bertz CT molecular complexity index is 615. The Morgan fingerprint density at radius 3 is 1.95 bits per heavy atom. The molecular weight excluding hydrogens is 248 g/mol. The van der Waals surface area contributed by atoms with Gasteiger partial charge in [-0.2, -0.15) is 0 Å². The molecular formula is C18H22O2. The second-order valence-corrected chi connectivity index (χ2v) is 5.01. The van der Waals surface area contributed by atoms with Crippen LogP contribution in [0.15, 0.2) is 30.3 Å². The van der Waals surface area contributed by atoms with Gasteiger partial charge in [-0.3, -0.25) is 0 Å².